The van der Waals surface area contributed by atoms with E-state index in [1.165, 1.54) is 0 Å². The fraction of sp³-hybridized carbons (Fsp3) is 0.333. The van der Waals surface area contributed by atoms with Crippen LogP contribution in [0, 0.1) is 11.3 Å². The van der Waals surface area contributed by atoms with Gasteiger partial charge in [0.2, 0.25) is 5.95 Å². The summed E-state index contributed by atoms with van der Waals surface area (Å²) in [5.41, 5.74) is 3.54. The molecule has 2 N–H and O–H groups in total. The number of benzene rings is 1. The van der Waals surface area contributed by atoms with E-state index >= 15 is 0 Å². The second-order valence-corrected chi connectivity index (χ2v) is 8.23. The number of aromatic nitrogens is 3. The molecule has 0 aliphatic carbocycles. The molecule has 4 rings (SSSR count). The Hall–Kier alpha value is -3.77. The summed E-state index contributed by atoms with van der Waals surface area (Å²) in [6.07, 6.45) is 3.05. The molecule has 9 heteroatoms. The normalized spacial score (nSPS) is 15.5. The highest BCUT2D eigenvalue weighted by Gasteiger charge is 2.24. The molecule has 1 unspecified atom stereocenters. The summed E-state index contributed by atoms with van der Waals surface area (Å²) in [4.78, 5) is 17.3. The minimum Gasteiger partial charge on any atom is -0.369 e. The number of pyridine rings is 1. The highest BCUT2D eigenvalue weighted by atomic mass is 19.1. The molecule has 0 radical (unpaired) electrons. The summed E-state index contributed by atoms with van der Waals surface area (Å²) in [7, 11) is 4.06. The molecular weight excluding hydrogens is 419 g/mol. The summed E-state index contributed by atoms with van der Waals surface area (Å²) in [6.45, 7) is 2.68. The van der Waals surface area contributed by atoms with Gasteiger partial charge in [-0.05, 0) is 50.8 Å². The van der Waals surface area contributed by atoms with Gasteiger partial charge in [-0.25, -0.2) is 19.3 Å². The molecular formula is C24H27FN8. The van der Waals surface area contributed by atoms with E-state index in [-0.39, 0.29) is 0 Å². The van der Waals surface area contributed by atoms with Crippen molar-refractivity contribution in [2.75, 3.05) is 55.8 Å². The molecule has 8 nitrogen and oxygen atoms in total. The third kappa shape index (κ3) is 5.73. The number of rotatable bonds is 8. The third-order valence-electron chi connectivity index (χ3n) is 5.42. The van der Waals surface area contributed by atoms with E-state index < -0.39 is 6.17 Å². The molecule has 3 heterocycles. The molecule has 3 aromatic rings. The Morgan fingerprint density at radius 3 is 2.79 bits per heavy atom. The maximum atomic E-state index is 13.6. The number of nitrogens with one attached hydrogen (secondary N) is 2. The number of halogens is 1. The minimum absolute atomic E-state index is 0.327. The van der Waals surface area contributed by atoms with Gasteiger partial charge in [-0.3, -0.25) is 0 Å². The van der Waals surface area contributed by atoms with Crippen molar-refractivity contribution in [2.24, 2.45) is 0 Å². The molecule has 1 atom stereocenters. The van der Waals surface area contributed by atoms with E-state index in [9.17, 15) is 9.65 Å². The maximum absolute atomic E-state index is 13.6. The van der Waals surface area contributed by atoms with Crippen molar-refractivity contribution >= 4 is 23.1 Å². The van der Waals surface area contributed by atoms with Gasteiger partial charge < -0.3 is 20.4 Å². The first kappa shape index (κ1) is 22.4. The zero-order valence-corrected chi connectivity index (χ0v) is 18.8. The molecule has 1 aliphatic heterocycles. The fourth-order valence-electron chi connectivity index (χ4n) is 3.69. The number of nitriles is 1. The zero-order valence-electron chi connectivity index (χ0n) is 18.8. The first-order valence-corrected chi connectivity index (χ1v) is 10.9. The van der Waals surface area contributed by atoms with Crippen LogP contribution in [0.1, 0.15) is 12.0 Å². The molecule has 0 bridgehead atoms. The van der Waals surface area contributed by atoms with Crippen LogP contribution in [0.5, 0.6) is 0 Å². The van der Waals surface area contributed by atoms with Crippen molar-refractivity contribution in [3.05, 3.63) is 54.4 Å². The Morgan fingerprint density at radius 2 is 2.09 bits per heavy atom. The molecule has 1 aromatic carbocycles. The van der Waals surface area contributed by atoms with Gasteiger partial charge in [0.15, 0.2) is 0 Å². The van der Waals surface area contributed by atoms with Gasteiger partial charge in [-0.15, -0.1) is 0 Å². The maximum Gasteiger partial charge on any atom is 0.227 e. The van der Waals surface area contributed by atoms with Gasteiger partial charge in [0, 0.05) is 37.9 Å². The van der Waals surface area contributed by atoms with E-state index in [1.807, 2.05) is 43.3 Å². The molecule has 2 aromatic heterocycles. The largest absolute Gasteiger partial charge is 0.369 e. The molecule has 0 saturated carbocycles. The van der Waals surface area contributed by atoms with Crippen LogP contribution in [0.2, 0.25) is 0 Å². The minimum atomic E-state index is -0.843. The smallest absolute Gasteiger partial charge is 0.227 e. The lowest BCUT2D eigenvalue weighted by Crippen LogP contribution is -2.21. The molecule has 0 amide bonds. The van der Waals surface area contributed by atoms with Crippen LogP contribution < -0.4 is 15.5 Å². The van der Waals surface area contributed by atoms with E-state index in [4.69, 9.17) is 0 Å². The monoisotopic (exact) mass is 446 g/mol. The number of hydrogen-bond acceptors (Lipinski definition) is 8. The molecule has 1 fully saturated rings. The average Bonchev–Trinajstić information content (AvgIpc) is 3.26. The van der Waals surface area contributed by atoms with Crippen LogP contribution >= 0.6 is 0 Å². The summed E-state index contributed by atoms with van der Waals surface area (Å²) in [5.74, 6) is 1.24. The van der Waals surface area contributed by atoms with Gasteiger partial charge in [-0.2, -0.15) is 5.26 Å². The van der Waals surface area contributed by atoms with Crippen LogP contribution in [0.15, 0.2) is 48.8 Å². The van der Waals surface area contributed by atoms with Crippen molar-refractivity contribution in [2.45, 2.75) is 12.6 Å². The number of alkyl halides is 1. The molecule has 33 heavy (non-hydrogen) atoms. The van der Waals surface area contributed by atoms with Crippen LogP contribution in [-0.2, 0) is 0 Å². The Morgan fingerprint density at radius 1 is 1.21 bits per heavy atom. The third-order valence-corrected chi connectivity index (χ3v) is 5.42. The molecule has 0 spiro atoms. The van der Waals surface area contributed by atoms with Crippen molar-refractivity contribution in [3.8, 4) is 17.3 Å². The molecule has 170 valence electrons. The van der Waals surface area contributed by atoms with Crippen LogP contribution in [0.3, 0.4) is 0 Å². The lowest BCUT2D eigenvalue weighted by Gasteiger charge is -2.19. The molecule has 1 saturated heterocycles. The average molecular weight is 447 g/mol. The predicted octanol–water partition coefficient (Wildman–Crippen LogP) is 3.68. The van der Waals surface area contributed by atoms with Crippen LogP contribution in [0.25, 0.3) is 11.3 Å². The fourth-order valence-corrected chi connectivity index (χ4v) is 3.69. The van der Waals surface area contributed by atoms with Gasteiger partial charge in [-0.1, -0.05) is 6.07 Å². The first-order chi connectivity index (χ1) is 16.0. The standard InChI is InChI=1S/C24H27FN8/c1-32(2)12-10-27-23-6-4-20(15-29-23)30-24-28-9-7-21(31-24)17-3-5-22(18(13-17)14-26)33-11-8-19(25)16-33/h3-7,9,13,15,19H,8,10-12,16H2,1-2H3,(H,27,29)(H,28,30,31). The van der Waals surface area contributed by atoms with Crippen molar-refractivity contribution in [1.29, 1.82) is 5.26 Å². The second kappa shape index (κ2) is 10.2. The summed E-state index contributed by atoms with van der Waals surface area (Å²) in [6, 6.07) is 13.4. The van der Waals surface area contributed by atoms with Crippen molar-refractivity contribution < 1.29 is 4.39 Å². The lowest BCUT2D eigenvalue weighted by molar-refractivity contribution is 0.364. The van der Waals surface area contributed by atoms with E-state index in [2.05, 4.69) is 36.6 Å². The number of likely N-dealkylation sites (N-methyl/N-ethyl adjacent to an activating group) is 1. The SMILES string of the molecule is CN(C)CCNc1ccc(Nc2nccc(-c3ccc(N4CCC(F)C4)c(C#N)c3)n2)cn1. The first-order valence-electron chi connectivity index (χ1n) is 10.9. The van der Waals surface area contributed by atoms with Gasteiger partial charge in [0.05, 0.1) is 28.8 Å². The number of anilines is 4. The van der Waals surface area contributed by atoms with Gasteiger partial charge in [0.25, 0.3) is 0 Å². The van der Waals surface area contributed by atoms with Gasteiger partial charge in [0.1, 0.15) is 18.1 Å². The topological polar surface area (TPSA) is 93.0 Å². The summed E-state index contributed by atoms with van der Waals surface area (Å²) in [5, 5.41) is 16.1. The summed E-state index contributed by atoms with van der Waals surface area (Å²) < 4.78 is 13.6. The van der Waals surface area contributed by atoms with Crippen molar-refractivity contribution in [3.63, 3.8) is 0 Å². The Bertz CT molecular complexity index is 1130. The van der Waals surface area contributed by atoms with E-state index in [0.29, 0.717) is 36.7 Å². The van der Waals surface area contributed by atoms with Gasteiger partial charge >= 0.3 is 0 Å². The van der Waals surface area contributed by atoms with E-state index in [0.717, 1.165) is 35.8 Å². The lowest BCUT2D eigenvalue weighted by atomic mass is 10.1. The highest BCUT2D eigenvalue weighted by Crippen LogP contribution is 2.29. The Balaban J connectivity index is 1.46. The Kier molecular flexibility index (Phi) is 6.95. The predicted molar refractivity (Wildman–Crippen MR) is 128 cm³/mol. The van der Waals surface area contributed by atoms with E-state index in [1.54, 1.807) is 24.5 Å². The second-order valence-electron chi connectivity index (χ2n) is 8.23. The Labute approximate surface area is 193 Å². The quantitative estimate of drug-likeness (QED) is 0.541. The highest BCUT2D eigenvalue weighted by molar-refractivity contribution is 5.70. The zero-order chi connectivity index (χ0) is 23.2. The van der Waals surface area contributed by atoms with Crippen LogP contribution in [-0.4, -0.2) is 66.3 Å². The number of hydrogen-bond donors (Lipinski definition) is 2. The van der Waals surface area contributed by atoms with Crippen molar-refractivity contribution in [1.82, 2.24) is 19.9 Å². The summed E-state index contributed by atoms with van der Waals surface area (Å²) >= 11 is 0. The van der Waals surface area contributed by atoms with Crippen LogP contribution in [0.4, 0.5) is 27.5 Å². The number of nitrogens with zero attached hydrogens (tertiary/aromatic N) is 6. The molecule has 1 aliphatic rings.